The van der Waals surface area contributed by atoms with E-state index < -0.39 is 0 Å². The molecule has 0 aliphatic carbocycles. The zero-order valence-electron chi connectivity index (χ0n) is 15.7. The molecule has 0 radical (unpaired) electrons. The van der Waals surface area contributed by atoms with E-state index in [1.54, 1.807) is 12.1 Å². The molecule has 1 aliphatic rings. The summed E-state index contributed by atoms with van der Waals surface area (Å²) in [5.74, 6) is -0.0725. The van der Waals surface area contributed by atoms with Gasteiger partial charge in [0.2, 0.25) is 5.91 Å². The van der Waals surface area contributed by atoms with Crippen molar-refractivity contribution in [2.75, 3.05) is 6.54 Å². The number of unbranched alkanes of at least 4 members (excludes halogenated alkanes) is 5. The molecule has 4 heteroatoms. The number of fused-ring (bicyclic) bond motifs is 1. The highest BCUT2D eigenvalue weighted by molar-refractivity contribution is 5.77. The van der Waals surface area contributed by atoms with E-state index in [0.29, 0.717) is 13.0 Å². The molecule has 0 saturated heterocycles. The third-order valence-electron chi connectivity index (χ3n) is 5.27. The largest absolute Gasteiger partial charge is 0.348 e. The minimum atomic E-state index is -0.255. The molecular formula is C22H29FN2O. The minimum absolute atomic E-state index is 0.183. The van der Waals surface area contributed by atoms with Crippen molar-refractivity contribution < 1.29 is 9.18 Å². The molecule has 140 valence electrons. The Morgan fingerprint density at radius 3 is 2.69 bits per heavy atom. The number of hydrogen-bond acceptors (Lipinski definition) is 1. The molecule has 1 aromatic carbocycles. The van der Waals surface area contributed by atoms with Crippen LogP contribution in [0.25, 0.3) is 0 Å². The van der Waals surface area contributed by atoms with Crippen LogP contribution < -0.4 is 0 Å². The van der Waals surface area contributed by atoms with Crippen molar-refractivity contribution in [1.82, 2.24) is 9.47 Å². The van der Waals surface area contributed by atoms with Gasteiger partial charge in [-0.15, -0.1) is 0 Å². The highest BCUT2D eigenvalue weighted by Gasteiger charge is 2.31. The Morgan fingerprint density at radius 2 is 1.88 bits per heavy atom. The number of halogens is 1. The molecule has 1 aliphatic heterocycles. The third kappa shape index (κ3) is 4.35. The Labute approximate surface area is 155 Å². The number of amides is 1. The molecule has 0 fully saturated rings. The van der Waals surface area contributed by atoms with Gasteiger partial charge in [0.1, 0.15) is 5.82 Å². The van der Waals surface area contributed by atoms with Crippen LogP contribution >= 0.6 is 0 Å². The summed E-state index contributed by atoms with van der Waals surface area (Å²) in [5.41, 5.74) is 1.92. The van der Waals surface area contributed by atoms with Crippen LogP contribution in [0, 0.1) is 5.82 Å². The van der Waals surface area contributed by atoms with Crippen molar-refractivity contribution in [3.63, 3.8) is 0 Å². The van der Waals surface area contributed by atoms with Crippen LogP contribution in [-0.2, 0) is 11.3 Å². The Morgan fingerprint density at radius 1 is 1.08 bits per heavy atom. The molecule has 0 saturated carbocycles. The first kappa shape index (κ1) is 18.7. The summed E-state index contributed by atoms with van der Waals surface area (Å²) >= 11 is 0. The first-order chi connectivity index (χ1) is 12.7. The van der Waals surface area contributed by atoms with Crippen LogP contribution in [0.5, 0.6) is 0 Å². The average molecular weight is 356 g/mol. The van der Waals surface area contributed by atoms with Crippen LogP contribution in [0.15, 0.2) is 42.6 Å². The fourth-order valence-electron chi connectivity index (χ4n) is 3.88. The van der Waals surface area contributed by atoms with Crippen LogP contribution in [0.2, 0.25) is 0 Å². The number of rotatable bonds is 8. The standard InChI is InChI=1S/C22H29FN2O/c1-2-3-4-5-6-7-13-21(26)25-16-15-24-14-9-12-20(24)22(25)18-10-8-11-19(23)17-18/h8-12,14,17,22H,2-7,13,15-16H2,1H3. The summed E-state index contributed by atoms with van der Waals surface area (Å²) in [6, 6.07) is 10.5. The molecule has 2 aromatic rings. The summed E-state index contributed by atoms with van der Waals surface area (Å²) in [4.78, 5) is 14.9. The molecule has 0 spiro atoms. The normalized spacial score (nSPS) is 16.5. The van der Waals surface area contributed by atoms with E-state index in [1.807, 2.05) is 29.3 Å². The van der Waals surface area contributed by atoms with Crippen LogP contribution in [-0.4, -0.2) is 21.9 Å². The molecule has 1 amide bonds. The maximum absolute atomic E-state index is 13.8. The van der Waals surface area contributed by atoms with Crippen molar-refractivity contribution in [2.24, 2.45) is 0 Å². The van der Waals surface area contributed by atoms with Gasteiger partial charge in [-0.3, -0.25) is 4.79 Å². The Kier molecular flexibility index (Phi) is 6.48. The topological polar surface area (TPSA) is 25.2 Å². The quantitative estimate of drug-likeness (QED) is 0.589. The zero-order valence-corrected chi connectivity index (χ0v) is 15.7. The Balaban J connectivity index is 1.70. The number of aromatic nitrogens is 1. The predicted octanol–water partition coefficient (Wildman–Crippen LogP) is 5.31. The molecule has 1 unspecified atom stereocenters. The Bertz CT molecular complexity index is 724. The highest BCUT2D eigenvalue weighted by atomic mass is 19.1. The number of carbonyl (C=O) groups excluding carboxylic acids is 1. The van der Waals surface area contributed by atoms with Crippen LogP contribution in [0.4, 0.5) is 4.39 Å². The van der Waals surface area contributed by atoms with E-state index in [0.717, 1.165) is 30.6 Å². The SMILES string of the molecule is CCCCCCCCC(=O)N1CCn2cccc2C1c1cccc(F)c1. The smallest absolute Gasteiger partial charge is 0.223 e. The van der Waals surface area contributed by atoms with Gasteiger partial charge in [0.05, 0.1) is 6.04 Å². The van der Waals surface area contributed by atoms with E-state index in [1.165, 1.54) is 31.7 Å². The maximum atomic E-state index is 13.8. The van der Waals surface area contributed by atoms with E-state index in [4.69, 9.17) is 0 Å². The summed E-state index contributed by atoms with van der Waals surface area (Å²) in [6.07, 6.45) is 9.65. The second-order valence-corrected chi connectivity index (χ2v) is 7.19. The van der Waals surface area contributed by atoms with Gasteiger partial charge in [0, 0.05) is 31.4 Å². The van der Waals surface area contributed by atoms with Gasteiger partial charge in [-0.05, 0) is 36.2 Å². The van der Waals surface area contributed by atoms with Crippen molar-refractivity contribution in [3.05, 3.63) is 59.7 Å². The second-order valence-electron chi connectivity index (χ2n) is 7.19. The number of benzene rings is 1. The van der Waals surface area contributed by atoms with E-state index >= 15 is 0 Å². The molecule has 3 nitrogen and oxygen atoms in total. The molecular weight excluding hydrogens is 327 g/mol. The number of nitrogens with zero attached hydrogens (tertiary/aromatic N) is 2. The van der Waals surface area contributed by atoms with Gasteiger partial charge in [-0.2, -0.15) is 0 Å². The van der Waals surface area contributed by atoms with Crippen molar-refractivity contribution in [1.29, 1.82) is 0 Å². The Hall–Kier alpha value is -2.10. The van der Waals surface area contributed by atoms with Crippen LogP contribution in [0.3, 0.4) is 0 Å². The van der Waals surface area contributed by atoms with Gasteiger partial charge < -0.3 is 9.47 Å². The van der Waals surface area contributed by atoms with Gasteiger partial charge >= 0.3 is 0 Å². The lowest BCUT2D eigenvalue weighted by atomic mass is 9.99. The van der Waals surface area contributed by atoms with Crippen molar-refractivity contribution >= 4 is 5.91 Å². The van der Waals surface area contributed by atoms with Crippen molar-refractivity contribution in [3.8, 4) is 0 Å². The molecule has 0 bridgehead atoms. The second kappa shape index (κ2) is 9.02. The predicted molar refractivity (Wildman–Crippen MR) is 102 cm³/mol. The third-order valence-corrected chi connectivity index (χ3v) is 5.27. The monoisotopic (exact) mass is 356 g/mol. The lowest BCUT2D eigenvalue weighted by Crippen LogP contribution is -2.42. The number of carbonyl (C=O) groups is 1. The summed E-state index contributed by atoms with van der Waals surface area (Å²) < 4.78 is 16.0. The van der Waals surface area contributed by atoms with E-state index in [-0.39, 0.29) is 17.8 Å². The van der Waals surface area contributed by atoms with Gasteiger partial charge in [-0.1, -0.05) is 51.2 Å². The summed E-state index contributed by atoms with van der Waals surface area (Å²) in [6.45, 7) is 3.69. The molecule has 1 aromatic heterocycles. The lowest BCUT2D eigenvalue weighted by Gasteiger charge is -2.37. The lowest BCUT2D eigenvalue weighted by molar-refractivity contribution is -0.134. The van der Waals surface area contributed by atoms with Gasteiger partial charge in [0.25, 0.3) is 0 Å². The first-order valence-electron chi connectivity index (χ1n) is 9.90. The van der Waals surface area contributed by atoms with Crippen molar-refractivity contribution in [2.45, 2.75) is 64.5 Å². The van der Waals surface area contributed by atoms with E-state index in [2.05, 4.69) is 11.5 Å². The molecule has 2 heterocycles. The molecule has 0 N–H and O–H groups in total. The zero-order chi connectivity index (χ0) is 18.4. The maximum Gasteiger partial charge on any atom is 0.223 e. The summed E-state index contributed by atoms with van der Waals surface area (Å²) in [5, 5.41) is 0. The summed E-state index contributed by atoms with van der Waals surface area (Å²) in [7, 11) is 0. The fourth-order valence-corrected chi connectivity index (χ4v) is 3.88. The highest BCUT2D eigenvalue weighted by Crippen LogP contribution is 2.33. The van der Waals surface area contributed by atoms with E-state index in [9.17, 15) is 9.18 Å². The van der Waals surface area contributed by atoms with Gasteiger partial charge in [-0.25, -0.2) is 4.39 Å². The molecule has 1 atom stereocenters. The molecule has 26 heavy (non-hydrogen) atoms. The number of hydrogen-bond donors (Lipinski definition) is 0. The average Bonchev–Trinajstić information content (AvgIpc) is 3.12. The fraction of sp³-hybridized carbons (Fsp3) is 0.500. The minimum Gasteiger partial charge on any atom is -0.348 e. The first-order valence-corrected chi connectivity index (χ1v) is 9.90. The van der Waals surface area contributed by atoms with Gasteiger partial charge in [0.15, 0.2) is 0 Å². The molecule has 3 rings (SSSR count). The van der Waals surface area contributed by atoms with Crippen LogP contribution in [0.1, 0.15) is 69.2 Å².